The Morgan fingerprint density at radius 2 is 2.31 bits per heavy atom. The van der Waals surface area contributed by atoms with Gasteiger partial charge in [0.05, 0.1) is 6.26 Å². The maximum Gasteiger partial charge on any atom is 0.119 e. The van der Waals surface area contributed by atoms with Crippen LogP contribution in [0.4, 0.5) is 0 Å². The lowest BCUT2D eigenvalue weighted by Crippen LogP contribution is -2.54. The normalized spacial score (nSPS) is 40.2. The van der Waals surface area contributed by atoms with Gasteiger partial charge < -0.3 is 4.74 Å². The summed E-state index contributed by atoms with van der Waals surface area (Å²) >= 11 is 0. The van der Waals surface area contributed by atoms with Crippen LogP contribution in [0.25, 0.3) is 0 Å². The van der Waals surface area contributed by atoms with E-state index in [2.05, 4.69) is 33.4 Å². The minimum atomic E-state index is 0.275. The molecule has 0 aliphatic heterocycles. The zero-order valence-corrected chi connectivity index (χ0v) is 8.71. The molecule has 3 aliphatic carbocycles. The van der Waals surface area contributed by atoms with E-state index in [1.807, 2.05) is 0 Å². The molecular formula is C12H18O. The van der Waals surface area contributed by atoms with E-state index in [0.717, 1.165) is 5.92 Å². The summed E-state index contributed by atoms with van der Waals surface area (Å²) in [5.74, 6) is 1.49. The highest BCUT2D eigenvalue weighted by molar-refractivity contribution is 5.25. The van der Waals surface area contributed by atoms with E-state index < -0.39 is 0 Å². The Bertz CT molecular complexity index is 262. The fraction of sp³-hybridized carbons (Fsp3) is 0.667. The maximum atomic E-state index is 5.53. The molecule has 72 valence electrons. The van der Waals surface area contributed by atoms with Crippen LogP contribution in [0.5, 0.6) is 0 Å². The summed E-state index contributed by atoms with van der Waals surface area (Å²) in [5, 5.41) is 0. The molecular weight excluding hydrogens is 160 g/mol. The van der Waals surface area contributed by atoms with Crippen molar-refractivity contribution >= 4 is 0 Å². The van der Waals surface area contributed by atoms with Gasteiger partial charge in [-0.25, -0.2) is 0 Å². The number of ether oxygens (including phenoxy) is 1. The van der Waals surface area contributed by atoms with Crippen molar-refractivity contribution in [2.75, 3.05) is 0 Å². The molecule has 1 unspecified atom stereocenters. The lowest BCUT2D eigenvalue weighted by Gasteiger charge is -2.58. The summed E-state index contributed by atoms with van der Waals surface area (Å²) in [5.41, 5.74) is 1.94. The Hall–Kier alpha value is -0.720. The summed E-state index contributed by atoms with van der Waals surface area (Å²) in [6, 6.07) is 0. The lowest BCUT2D eigenvalue weighted by molar-refractivity contribution is -0.0800. The van der Waals surface area contributed by atoms with E-state index in [1.165, 1.54) is 12.0 Å². The van der Waals surface area contributed by atoms with Crippen LogP contribution in [0.2, 0.25) is 0 Å². The van der Waals surface area contributed by atoms with Gasteiger partial charge in [0.1, 0.15) is 6.10 Å². The summed E-state index contributed by atoms with van der Waals surface area (Å²) in [7, 11) is 0. The van der Waals surface area contributed by atoms with E-state index in [4.69, 9.17) is 4.74 Å². The van der Waals surface area contributed by atoms with Crippen LogP contribution >= 0.6 is 0 Å². The zero-order chi connectivity index (χ0) is 9.64. The second-order valence-corrected chi connectivity index (χ2v) is 4.89. The average molecular weight is 178 g/mol. The molecule has 1 heteroatoms. The van der Waals surface area contributed by atoms with Crippen LogP contribution in [0, 0.1) is 17.3 Å². The predicted octanol–water partition coefficient (Wildman–Crippen LogP) is 3.14. The van der Waals surface area contributed by atoms with E-state index in [-0.39, 0.29) is 6.10 Å². The molecule has 0 saturated heterocycles. The highest BCUT2D eigenvalue weighted by atomic mass is 16.5. The molecule has 0 amide bonds. The Labute approximate surface area is 80.5 Å². The first kappa shape index (κ1) is 8.86. The first-order valence-corrected chi connectivity index (χ1v) is 5.02. The van der Waals surface area contributed by atoms with Crippen LogP contribution in [0.1, 0.15) is 27.2 Å². The Balaban J connectivity index is 2.24. The molecule has 1 nitrogen and oxygen atoms in total. The third-order valence-corrected chi connectivity index (χ3v) is 3.97. The molecule has 0 radical (unpaired) electrons. The van der Waals surface area contributed by atoms with Gasteiger partial charge >= 0.3 is 0 Å². The van der Waals surface area contributed by atoms with E-state index in [0.29, 0.717) is 11.3 Å². The molecule has 1 fully saturated rings. The standard InChI is InChI=1S/C12H18O/c1-5-13-11-6-8(2)9-7-10(11)12(9,3)4/h5-6,9-11H,1,7H2,2-4H3/t9?,10-,11+/m1/s1. The molecule has 0 spiro atoms. The average Bonchev–Trinajstić information content (AvgIpc) is 2.03. The Morgan fingerprint density at radius 1 is 1.62 bits per heavy atom. The quantitative estimate of drug-likeness (QED) is 0.466. The Kier molecular flexibility index (Phi) is 1.79. The van der Waals surface area contributed by atoms with Crippen molar-refractivity contribution in [2.24, 2.45) is 17.3 Å². The van der Waals surface area contributed by atoms with Crippen molar-refractivity contribution in [3.63, 3.8) is 0 Å². The van der Waals surface area contributed by atoms with E-state index in [9.17, 15) is 0 Å². The molecule has 0 N–H and O–H groups in total. The van der Waals surface area contributed by atoms with Crippen LogP contribution < -0.4 is 0 Å². The van der Waals surface area contributed by atoms with E-state index >= 15 is 0 Å². The maximum absolute atomic E-state index is 5.53. The van der Waals surface area contributed by atoms with Gasteiger partial charge in [-0.05, 0) is 30.8 Å². The Morgan fingerprint density at radius 3 is 2.77 bits per heavy atom. The first-order chi connectivity index (χ1) is 6.07. The molecule has 1 saturated carbocycles. The third-order valence-electron chi connectivity index (χ3n) is 3.97. The first-order valence-electron chi connectivity index (χ1n) is 5.02. The largest absolute Gasteiger partial charge is 0.494 e. The highest BCUT2D eigenvalue weighted by Gasteiger charge is 2.54. The van der Waals surface area contributed by atoms with Gasteiger partial charge in [-0.3, -0.25) is 0 Å². The van der Waals surface area contributed by atoms with E-state index in [1.54, 1.807) is 6.26 Å². The summed E-state index contributed by atoms with van der Waals surface area (Å²) in [6.45, 7) is 10.5. The van der Waals surface area contributed by atoms with Gasteiger partial charge in [0, 0.05) is 5.92 Å². The fourth-order valence-electron chi connectivity index (χ4n) is 3.03. The van der Waals surface area contributed by atoms with Crippen molar-refractivity contribution in [1.82, 2.24) is 0 Å². The van der Waals surface area contributed by atoms with Crippen molar-refractivity contribution < 1.29 is 4.74 Å². The van der Waals surface area contributed by atoms with Crippen molar-refractivity contribution in [3.05, 3.63) is 24.5 Å². The molecule has 0 heterocycles. The molecule has 0 aromatic rings. The predicted molar refractivity (Wildman–Crippen MR) is 54.2 cm³/mol. The molecule has 3 atom stereocenters. The minimum absolute atomic E-state index is 0.275. The molecule has 0 aromatic carbocycles. The topological polar surface area (TPSA) is 9.23 Å². The number of fused-ring (bicyclic) bond motifs is 1. The monoisotopic (exact) mass is 178 g/mol. The van der Waals surface area contributed by atoms with Gasteiger partial charge in [-0.1, -0.05) is 26.0 Å². The van der Waals surface area contributed by atoms with Crippen LogP contribution in [-0.4, -0.2) is 6.10 Å². The third kappa shape index (κ3) is 1.06. The van der Waals surface area contributed by atoms with Crippen molar-refractivity contribution in [2.45, 2.75) is 33.3 Å². The SMILES string of the molecule is C=CO[C@H]1C=C(C)C2C[C@H]1C2(C)C. The van der Waals surface area contributed by atoms with Gasteiger partial charge in [-0.15, -0.1) is 0 Å². The van der Waals surface area contributed by atoms with Gasteiger partial charge in [-0.2, -0.15) is 0 Å². The highest BCUT2D eigenvalue weighted by Crippen LogP contribution is 2.59. The van der Waals surface area contributed by atoms with Gasteiger partial charge in [0.15, 0.2) is 0 Å². The van der Waals surface area contributed by atoms with Crippen LogP contribution in [0.15, 0.2) is 24.5 Å². The van der Waals surface area contributed by atoms with Crippen LogP contribution in [0.3, 0.4) is 0 Å². The van der Waals surface area contributed by atoms with Crippen LogP contribution in [-0.2, 0) is 4.74 Å². The van der Waals surface area contributed by atoms with Crippen molar-refractivity contribution in [3.8, 4) is 0 Å². The van der Waals surface area contributed by atoms with Gasteiger partial charge in [0.2, 0.25) is 0 Å². The van der Waals surface area contributed by atoms with Gasteiger partial charge in [0.25, 0.3) is 0 Å². The number of allylic oxidation sites excluding steroid dienone is 1. The summed E-state index contributed by atoms with van der Waals surface area (Å²) < 4.78 is 5.53. The minimum Gasteiger partial charge on any atom is -0.494 e. The number of hydrogen-bond acceptors (Lipinski definition) is 1. The molecule has 2 bridgehead atoms. The zero-order valence-electron chi connectivity index (χ0n) is 8.71. The fourth-order valence-corrected chi connectivity index (χ4v) is 3.03. The summed E-state index contributed by atoms with van der Waals surface area (Å²) in [6.07, 6.45) is 5.42. The lowest BCUT2D eigenvalue weighted by atomic mass is 9.48. The second kappa shape index (κ2) is 2.63. The molecule has 13 heavy (non-hydrogen) atoms. The second-order valence-electron chi connectivity index (χ2n) is 4.89. The van der Waals surface area contributed by atoms with Crippen molar-refractivity contribution in [1.29, 1.82) is 0 Å². The number of rotatable bonds is 2. The molecule has 3 aliphatic rings. The molecule has 0 aromatic heterocycles. The number of hydrogen-bond donors (Lipinski definition) is 0. The summed E-state index contributed by atoms with van der Waals surface area (Å²) in [4.78, 5) is 0. The molecule has 3 rings (SSSR count). The smallest absolute Gasteiger partial charge is 0.119 e.